The minimum absolute atomic E-state index is 0. The standard InChI is InChI=1S/C20H26N4O2.ClH/c1-26-18-13-15(7-8-16(18)21)20(25)23-12-10-19-22-11-9-17(24-19)14-5-3-2-4-6-14;/h2-6,9,11,15-16,18H,7-8,10,12-13,21H2,1H3,(H,23,25);1H/t15-,16+,18+;/m0./s1. The molecule has 1 aromatic carbocycles. The molecule has 3 N–H and O–H groups in total. The minimum atomic E-state index is -0.0367. The van der Waals surface area contributed by atoms with Gasteiger partial charge in [-0.05, 0) is 25.3 Å². The number of nitrogens with two attached hydrogens (primary N) is 1. The number of aromatic nitrogens is 2. The van der Waals surface area contributed by atoms with Crippen LogP contribution in [0.1, 0.15) is 25.1 Å². The van der Waals surface area contributed by atoms with Crippen molar-refractivity contribution in [1.29, 1.82) is 0 Å². The molecule has 0 unspecified atom stereocenters. The number of halogens is 1. The van der Waals surface area contributed by atoms with Crippen molar-refractivity contribution in [2.24, 2.45) is 11.7 Å². The molecular formula is C20H27ClN4O2. The zero-order valence-electron chi connectivity index (χ0n) is 15.5. The topological polar surface area (TPSA) is 90.1 Å². The zero-order chi connectivity index (χ0) is 18.4. The zero-order valence-corrected chi connectivity index (χ0v) is 16.3. The van der Waals surface area contributed by atoms with Gasteiger partial charge in [-0.25, -0.2) is 9.97 Å². The van der Waals surface area contributed by atoms with Crippen molar-refractivity contribution in [3.63, 3.8) is 0 Å². The second kappa shape index (κ2) is 10.3. The Morgan fingerprint density at radius 2 is 2.04 bits per heavy atom. The van der Waals surface area contributed by atoms with Gasteiger partial charge in [0.15, 0.2) is 0 Å². The van der Waals surface area contributed by atoms with Crippen molar-refractivity contribution in [2.45, 2.75) is 37.8 Å². The van der Waals surface area contributed by atoms with E-state index in [-0.39, 0.29) is 36.4 Å². The molecule has 0 bridgehead atoms. The van der Waals surface area contributed by atoms with E-state index < -0.39 is 0 Å². The predicted octanol–water partition coefficient (Wildman–Crippen LogP) is 2.37. The molecular weight excluding hydrogens is 364 g/mol. The molecule has 7 heteroatoms. The molecule has 0 saturated heterocycles. The van der Waals surface area contributed by atoms with E-state index in [1.165, 1.54) is 0 Å². The summed E-state index contributed by atoms with van der Waals surface area (Å²) >= 11 is 0. The quantitative estimate of drug-likeness (QED) is 0.790. The number of nitrogens with one attached hydrogen (secondary N) is 1. The van der Waals surface area contributed by atoms with E-state index in [0.717, 1.165) is 29.9 Å². The Labute approximate surface area is 166 Å². The Kier molecular flexibility index (Phi) is 8.16. The molecule has 1 aromatic heterocycles. The molecule has 1 fully saturated rings. The fourth-order valence-corrected chi connectivity index (χ4v) is 3.39. The highest BCUT2D eigenvalue weighted by Crippen LogP contribution is 2.25. The van der Waals surface area contributed by atoms with Gasteiger partial charge in [-0.1, -0.05) is 30.3 Å². The summed E-state index contributed by atoms with van der Waals surface area (Å²) in [5, 5.41) is 3.00. The summed E-state index contributed by atoms with van der Waals surface area (Å²) < 4.78 is 5.39. The number of rotatable bonds is 6. The number of hydrogen-bond donors (Lipinski definition) is 2. The minimum Gasteiger partial charge on any atom is -0.380 e. The van der Waals surface area contributed by atoms with Crippen molar-refractivity contribution in [2.75, 3.05) is 13.7 Å². The van der Waals surface area contributed by atoms with Crippen LogP contribution in [-0.2, 0) is 16.0 Å². The first-order valence-electron chi connectivity index (χ1n) is 9.11. The van der Waals surface area contributed by atoms with E-state index in [2.05, 4.69) is 15.3 Å². The molecule has 1 aliphatic carbocycles. The van der Waals surface area contributed by atoms with Crippen LogP contribution in [0.5, 0.6) is 0 Å². The van der Waals surface area contributed by atoms with Crippen LogP contribution in [0.15, 0.2) is 42.6 Å². The van der Waals surface area contributed by atoms with Crippen LogP contribution < -0.4 is 11.1 Å². The summed E-state index contributed by atoms with van der Waals surface area (Å²) in [5.41, 5.74) is 7.97. The molecule has 0 radical (unpaired) electrons. The number of nitrogens with zero attached hydrogens (tertiary/aromatic N) is 2. The summed E-state index contributed by atoms with van der Waals surface area (Å²) in [6.07, 6.45) is 4.64. The lowest BCUT2D eigenvalue weighted by molar-refractivity contribution is -0.127. The lowest BCUT2D eigenvalue weighted by Crippen LogP contribution is -2.45. The molecule has 3 atom stereocenters. The predicted molar refractivity (Wildman–Crippen MR) is 108 cm³/mol. The number of benzene rings is 1. The van der Waals surface area contributed by atoms with Gasteiger partial charge in [-0.15, -0.1) is 12.4 Å². The SMILES string of the molecule is CO[C@@H]1C[C@@H](C(=O)NCCc2nccc(-c3ccccc3)n2)CC[C@H]1N.Cl. The Balaban J connectivity index is 0.00000261. The number of hydrogen-bond acceptors (Lipinski definition) is 5. The third kappa shape index (κ3) is 5.73. The van der Waals surface area contributed by atoms with Gasteiger partial charge in [-0.2, -0.15) is 0 Å². The average molecular weight is 391 g/mol. The van der Waals surface area contributed by atoms with E-state index in [0.29, 0.717) is 19.4 Å². The summed E-state index contributed by atoms with van der Waals surface area (Å²) in [7, 11) is 1.65. The van der Waals surface area contributed by atoms with Gasteiger partial charge in [-0.3, -0.25) is 4.79 Å². The number of ether oxygens (including phenoxy) is 1. The maximum Gasteiger partial charge on any atom is 0.223 e. The van der Waals surface area contributed by atoms with Crippen molar-refractivity contribution in [3.05, 3.63) is 48.4 Å². The van der Waals surface area contributed by atoms with Crippen LogP contribution in [-0.4, -0.2) is 41.7 Å². The fourth-order valence-electron chi connectivity index (χ4n) is 3.39. The van der Waals surface area contributed by atoms with Crippen LogP contribution in [0.2, 0.25) is 0 Å². The number of amides is 1. The molecule has 6 nitrogen and oxygen atoms in total. The smallest absolute Gasteiger partial charge is 0.223 e. The first-order valence-corrected chi connectivity index (χ1v) is 9.11. The van der Waals surface area contributed by atoms with Gasteiger partial charge in [0.25, 0.3) is 0 Å². The fraction of sp³-hybridized carbons (Fsp3) is 0.450. The van der Waals surface area contributed by atoms with Crippen LogP contribution in [0.25, 0.3) is 11.3 Å². The van der Waals surface area contributed by atoms with Gasteiger partial charge >= 0.3 is 0 Å². The highest BCUT2D eigenvalue weighted by molar-refractivity contribution is 5.85. The molecule has 27 heavy (non-hydrogen) atoms. The van der Waals surface area contributed by atoms with Crippen molar-refractivity contribution >= 4 is 18.3 Å². The van der Waals surface area contributed by atoms with E-state index in [9.17, 15) is 4.79 Å². The van der Waals surface area contributed by atoms with Crippen molar-refractivity contribution in [3.8, 4) is 11.3 Å². The third-order valence-electron chi connectivity index (χ3n) is 4.94. The van der Waals surface area contributed by atoms with E-state index in [4.69, 9.17) is 10.5 Å². The number of carbonyl (C=O) groups excluding carboxylic acids is 1. The van der Waals surface area contributed by atoms with Gasteiger partial charge in [0, 0.05) is 43.8 Å². The molecule has 0 aliphatic heterocycles. The van der Waals surface area contributed by atoms with Gasteiger partial charge in [0.2, 0.25) is 5.91 Å². The average Bonchev–Trinajstić information content (AvgIpc) is 2.69. The van der Waals surface area contributed by atoms with Crippen LogP contribution in [0, 0.1) is 5.92 Å². The Hall–Kier alpha value is -2.02. The summed E-state index contributed by atoms with van der Waals surface area (Å²) in [5.74, 6) is 0.765. The molecule has 0 spiro atoms. The summed E-state index contributed by atoms with van der Waals surface area (Å²) in [6.45, 7) is 0.525. The lowest BCUT2D eigenvalue weighted by atomic mass is 9.83. The lowest BCUT2D eigenvalue weighted by Gasteiger charge is -2.32. The maximum absolute atomic E-state index is 12.4. The first kappa shape index (κ1) is 21.3. The molecule has 1 amide bonds. The second-order valence-corrected chi connectivity index (χ2v) is 6.71. The van der Waals surface area contributed by atoms with Crippen LogP contribution in [0.3, 0.4) is 0 Å². The normalized spacial score (nSPS) is 21.9. The monoisotopic (exact) mass is 390 g/mol. The van der Waals surface area contributed by atoms with E-state index >= 15 is 0 Å². The molecule has 1 heterocycles. The number of methoxy groups -OCH3 is 1. The summed E-state index contributed by atoms with van der Waals surface area (Å²) in [4.78, 5) is 21.3. The maximum atomic E-state index is 12.4. The van der Waals surface area contributed by atoms with Crippen LogP contribution in [0.4, 0.5) is 0 Å². The molecule has 3 rings (SSSR count). The molecule has 2 aromatic rings. The largest absolute Gasteiger partial charge is 0.380 e. The third-order valence-corrected chi connectivity index (χ3v) is 4.94. The molecule has 146 valence electrons. The van der Waals surface area contributed by atoms with Gasteiger partial charge in [0.1, 0.15) is 5.82 Å². The van der Waals surface area contributed by atoms with Crippen molar-refractivity contribution in [1.82, 2.24) is 15.3 Å². The van der Waals surface area contributed by atoms with Gasteiger partial charge in [0.05, 0.1) is 11.8 Å². The van der Waals surface area contributed by atoms with E-state index in [1.54, 1.807) is 13.3 Å². The Bertz CT molecular complexity index is 729. The Morgan fingerprint density at radius 1 is 1.26 bits per heavy atom. The number of carbonyl (C=O) groups is 1. The second-order valence-electron chi connectivity index (χ2n) is 6.71. The molecule has 1 aliphatic rings. The highest BCUT2D eigenvalue weighted by atomic mass is 35.5. The van der Waals surface area contributed by atoms with Crippen molar-refractivity contribution < 1.29 is 9.53 Å². The van der Waals surface area contributed by atoms with Crippen LogP contribution >= 0.6 is 12.4 Å². The summed E-state index contributed by atoms with van der Waals surface area (Å²) in [6, 6.07) is 11.9. The highest BCUT2D eigenvalue weighted by Gasteiger charge is 2.31. The van der Waals surface area contributed by atoms with Gasteiger partial charge < -0.3 is 15.8 Å². The molecule has 1 saturated carbocycles. The van der Waals surface area contributed by atoms with E-state index in [1.807, 2.05) is 36.4 Å². The Morgan fingerprint density at radius 3 is 2.78 bits per heavy atom. The first-order chi connectivity index (χ1) is 12.7.